The minimum Gasteiger partial charge on any atom is -0.481 e. The Morgan fingerprint density at radius 2 is 2.15 bits per heavy atom. The monoisotopic (exact) mass is 180 g/mol. The molecule has 1 aromatic heterocycles. The van der Waals surface area contributed by atoms with Gasteiger partial charge in [0, 0.05) is 5.56 Å². The topological polar surface area (TPSA) is 50.4 Å². The summed E-state index contributed by atoms with van der Waals surface area (Å²) in [6.45, 7) is 0. The molecule has 1 saturated carbocycles. The minimum absolute atomic E-state index is 0.660. The lowest BCUT2D eigenvalue weighted by Gasteiger charge is -2.21. The Morgan fingerprint density at radius 3 is 2.62 bits per heavy atom. The fourth-order valence-corrected chi connectivity index (χ4v) is 2.14. The van der Waals surface area contributed by atoms with Gasteiger partial charge in [0.2, 0.25) is 0 Å². The third kappa shape index (κ3) is 1.15. The van der Waals surface area contributed by atoms with Gasteiger partial charge in [-0.2, -0.15) is 0 Å². The molecule has 1 heterocycles. The molecule has 70 valence electrons. The van der Waals surface area contributed by atoms with E-state index >= 15 is 0 Å². The van der Waals surface area contributed by atoms with E-state index in [9.17, 15) is 9.90 Å². The van der Waals surface area contributed by atoms with Gasteiger partial charge in [-0.1, -0.05) is 12.8 Å². The van der Waals surface area contributed by atoms with Gasteiger partial charge in [0.25, 0.3) is 0 Å². The third-order valence-electron chi connectivity index (χ3n) is 2.94. The van der Waals surface area contributed by atoms with Gasteiger partial charge in [-0.25, -0.2) is 0 Å². The predicted molar refractivity (Wildman–Crippen MR) is 46.5 cm³/mol. The summed E-state index contributed by atoms with van der Waals surface area (Å²) in [6, 6.07) is 1.76. The van der Waals surface area contributed by atoms with Crippen LogP contribution in [0.15, 0.2) is 23.0 Å². The maximum absolute atomic E-state index is 11.2. The van der Waals surface area contributed by atoms with E-state index in [-0.39, 0.29) is 0 Å². The number of hydrogen-bond acceptors (Lipinski definition) is 2. The van der Waals surface area contributed by atoms with Gasteiger partial charge in [0.15, 0.2) is 0 Å². The minimum atomic E-state index is -0.716. The highest BCUT2D eigenvalue weighted by molar-refractivity contribution is 5.81. The van der Waals surface area contributed by atoms with Gasteiger partial charge in [0.1, 0.15) is 0 Å². The Morgan fingerprint density at radius 1 is 1.46 bits per heavy atom. The molecule has 13 heavy (non-hydrogen) atoms. The van der Waals surface area contributed by atoms with Crippen LogP contribution in [0.2, 0.25) is 0 Å². The van der Waals surface area contributed by atoms with Crippen LogP contribution in [0.4, 0.5) is 0 Å². The molecule has 0 aromatic carbocycles. The van der Waals surface area contributed by atoms with E-state index in [1.54, 1.807) is 18.6 Å². The van der Waals surface area contributed by atoms with Crippen molar-refractivity contribution < 1.29 is 14.3 Å². The second-order valence-electron chi connectivity index (χ2n) is 3.61. The van der Waals surface area contributed by atoms with Crippen molar-refractivity contribution in [1.29, 1.82) is 0 Å². The van der Waals surface area contributed by atoms with Crippen molar-refractivity contribution in [3.05, 3.63) is 24.2 Å². The summed E-state index contributed by atoms with van der Waals surface area (Å²) < 4.78 is 4.94. The van der Waals surface area contributed by atoms with Gasteiger partial charge < -0.3 is 9.52 Å². The lowest BCUT2D eigenvalue weighted by atomic mass is 9.80. The van der Waals surface area contributed by atoms with Crippen LogP contribution in [-0.2, 0) is 10.2 Å². The summed E-state index contributed by atoms with van der Waals surface area (Å²) in [5, 5.41) is 9.19. The molecule has 0 atom stereocenters. The second kappa shape index (κ2) is 2.91. The number of carboxylic acids is 1. The predicted octanol–water partition coefficient (Wildman–Crippen LogP) is 2.18. The van der Waals surface area contributed by atoms with Gasteiger partial charge in [-0.3, -0.25) is 4.79 Å². The summed E-state index contributed by atoms with van der Waals surface area (Å²) in [6.07, 6.45) is 6.57. The molecule has 1 aliphatic rings. The Hall–Kier alpha value is -1.25. The molecule has 0 unspecified atom stereocenters. The van der Waals surface area contributed by atoms with Crippen molar-refractivity contribution in [2.75, 3.05) is 0 Å². The molecule has 1 N–H and O–H groups in total. The molecular formula is C10H12O3. The zero-order chi connectivity index (χ0) is 9.31. The molecule has 1 fully saturated rings. The Balaban J connectivity index is 2.39. The highest BCUT2D eigenvalue weighted by Gasteiger charge is 2.43. The lowest BCUT2D eigenvalue weighted by Crippen LogP contribution is -2.31. The Labute approximate surface area is 76.4 Å². The average Bonchev–Trinajstić information content (AvgIpc) is 2.75. The number of carbonyl (C=O) groups is 1. The first kappa shape index (κ1) is 8.35. The summed E-state index contributed by atoms with van der Waals surface area (Å²) >= 11 is 0. The highest BCUT2D eigenvalue weighted by Crippen LogP contribution is 2.41. The van der Waals surface area contributed by atoms with Crippen molar-refractivity contribution >= 4 is 5.97 Å². The van der Waals surface area contributed by atoms with Crippen LogP contribution in [0.1, 0.15) is 31.2 Å². The SMILES string of the molecule is O=C(O)C1(c2ccoc2)CCCC1. The van der Waals surface area contributed by atoms with Crippen LogP contribution in [0.25, 0.3) is 0 Å². The van der Waals surface area contributed by atoms with E-state index in [0.717, 1.165) is 31.2 Å². The standard InChI is InChI=1S/C10H12O3/c11-9(12)10(4-1-2-5-10)8-3-6-13-7-8/h3,6-7H,1-2,4-5H2,(H,11,12). The smallest absolute Gasteiger partial charge is 0.314 e. The second-order valence-corrected chi connectivity index (χ2v) is 3.61. The van der Waals surface area contributed by atoms with E-state index in [2.05, 4.69) is 0 Å². The molecule has 3 nitrogen and oxygen atoms in total. The number of rotatable bonds is 2. The number of carboxylic acid groups (broad SMARTS) is 1. The maximum atomic E-state index is 11.2. The highest BCUT2D eigenvalue weighted by atomic mass is 16.4. The van der Waals surface area contributed by atoms with Crippen molar-refractivity contribution in [2.45, 2.75) is 31.1 Å². The summed E-state index contributed by atoms with van der Waals surface area (Å²) in [4.78, 5) is 11.2. The van der Waals surface area contributed by atoms with Crippen LogP contribution in [-0.4, -0.2) is 11.1 Å². The molecular weight excluding hydrogens is 168 g/mol. The number of aliphatic carboxylic acids is 1. The first-order valence-corrected chi connectivity index (χ1v) is 4.52. The van der Waals surface area contributed by atoms with E-state index in [0.29, 0.717) is 0 Å². The maximum Gasteiger partial charge on any atom is 0.314 e. The molecule has 0 bridgehead atoms. The number of hydrogen-bond donors (Lipinski definition) is 1. The number of furan rings is 1. The molecule has 0 amide bonds. The normalized spacial score (nSPS) is 20.3. The van der Waals surface area contributed by atoms with Gasteiger partial charge in [0.05, 0.1) is 17.9 Å². The fourth-order valence-electron chi connectivity index (χ4n) is 2.14. The van der Waals surface area contributed by atoms with Crippen molar-refractivity contribution in [3.63, 3.8) is 0 Å². The molecule has 3 heteroatoms. The molecule has 0 spiro atoms. The van der Waals surface area contributed by atoms with Crippen LogP contribution in [0, 0.1) is 0 Å². The Kier molecular flexibility index (Phi) is 1.87. The van der Waals surface area contributed by atoms with Gasteiger partial charge in [-0.15, -0.1) is 0 Å². The first-order valence-electron chi connectivity index (χ1n) is 4.52. The molecule has 0 aliphatic heterocycles. The van der Waals surface area contributed by atoms with Gasteiger partial charge in [-0.05, 0) is 18.9 Å². The zero-order valence-electron chi connectivity index (χ0n) is 7.32. The molecule has 0 saturated heterocycles. The van der Waals surface area contributed by atoms with Crippen molar-refractivity contribution in [2.24, 2.45) is 0 Å². The third-order valence-corrected chi connectivity index (χ3v) is 2.94. The summed E-state index contributed by atoms with van der Waals surface area (Å²) in [5.41, 5.74) is 0.157. The van der Waals surface area contributed by atoms with Gasteiger partial charge >= 0.3 is 5.97 Å². The average molecular weight is 180 g/mol. The summed E-state index contributed by atoms with van der Waals surface area (Å²) in [7, 11) is 0. The lowest BCUT2D eigenvalue weighted by molar-refractivity contribution is -0.143. The Bertz CT molecular complexity index is 294. The molecule has 1 aliphatic carbocycles. The molecule has 2 rings (SSSR count). The van der Waals surface area contributed by atoms with Crippen LogP contribution >= 0.6 is 0 Å². The van der Waals surface area contributed by atoms with E-state index < -0.39 is 11.4 Å². The van der Waals surface area contributed by atoms with E-state index in [4.69, 9.17) is 4.42 Å². The largest absolute Gasteiger partial charge is 0.481 e. The molecule has 0 radical (unpaired) electrons. The quantitative estimate of drug-likeness (QED) is 0.758. The van der Waals surface area contributed by atoms with E-state index in [1.807, 2.05) is 0 Å². The van der Waals surface area contributed by atoms with Crippen molar-refractivity contribution in [1.82, 2.24) is 0 Å². The van der Waals surface area contributed by atoms with Crippen LogP contribution < -0.4 is 0 Å². The first-order chi connectivity index (χ1) is 6.26. The zero-order valence-corrected chi connectivity index (χ0v) is 7.32. The van der Waals surface area contributed by atoms with Crippen LogP contribution in [0.5, 0.6) is 0 Å². The summed E-state index contributed by atoms with van der Waals surface area (Å²) in [5.74, 6) is -0.716. The fraction of sp³-hybridized carbons (Fsp3) is 0.500. The van der Waals surface area contributed by atoms with Crippen molar-refractivity contribution in [3.8, 4) is 0 Å². The van der Waals surface area contributed by atoms with E-state index in [1.165, 1.54) is 0 Å². The van der Waals surface area contributed by atoms with Crippen LogP contribution in [0.3, 0.4) is 0 Å². The molecule has 1 aromatic rings.